The molecule has 0 radical (unpaired) electrons. The third kappa shape index (κ3) is 4.48. The molecule has 6 heteroatoms. The summed E-state index contributed by atoms with van der Waals surface area (Å²) in [5.74, 6) is -0.242. The van der Waals surface area contributed by atoms with Gasteiger partial charge >= 0.3 is 0 Å². The number of likely N-dealkylation sites (tertiary alicyclic amines) is 1. The first-order valence-corrected chi connectivity index (χ1v) is 10.0. The molecule has 3 aromatic rings. The molecule has 0 aliphatic carbocycles. The molecule has 2 atom stereocenters. The molecule has 1 fully saturated rings. The molecule has 1 heterocycles. The van der Waals surface area contributed by atoms with Crippen molar-refractivity contribution >= 4 is 35.0 Å². The average molecular weight is 424 g/mol. The van der Waals surface area contributed by atoms with Gasteiger partial charge in [-0.2, -0.15) is 0 Å². The first kappa shape index (κ1) is 21.8. The van der Waals surface area contributed by atoms with E-state index in [0.29, 0.717) is 25.1 Å². The van der Waals surface area contributed by atoms with Crippen LogP contribution in [0.25, 0.3) is 10.8 Å². The van der Waals surface area contributed by atoms with Gasteiger partial charge in [0.2, 0.25) is 5.91 Å². The number of hydrogen-bond acceptors (Lipinski definition) is 3. The van der Waals surface area contributed by atoms with Gasteiger partial charge in [0.05, 0.1) is 6.04 Å². The maximum absolute atomic E-state index is 13.0. The van der Waals surface area contributed by atoms with Gasteiger partial charge in [-0.25, -0.2) is 0 Å². The van der Waals surface area contributed by atoms with E-state index in [2.05, 4.69) is 17.4 Å². The van der Waals surface area contributed by atoms with E-state index in [-0.39, 0.29) is 30.3 Å². The largest absolute Gasteiger partial charge is 0.346 e. The van der Waals surface area contributed by atoms with Gasteiger partial charge in [0.1, 0.15) is 6.04 Å². The number of hydrogen-bond donors (Lipinski definition) is 2. The first-order chi connectivity index (χ1) is 14.2. The minimum Gasteiger partial charge on any atom is -0.346 e. The Balaban J connectivity index is 0.00000256. The standard InChI is InChI=1S/C24H25N3O2.ClH/c25-16-21(20-13-12-17-7-4-5-10-19(17)15-20)26-23(28)22-11-6-14-27(22)24(29)18-8-2-1-3-9-18;/h1-5,7-10,12-13,15,21-22H,6,11,14,16,25H2,(H,26,28);1H. The Morgan fingerprint density at radius 2 is 1.70 bits per heavy atom. The summed E-state index contributed by atoms with van der Waals surface area (Å²) < 4.78 is 0. The topological polar surface area (TPSA) is 75.4 Å². The van der Waals surface area contributed by atoms with Crippen molar-refractivity contribution in [2.24, 2.45) is 5.73 Å². The van der Waals surface area contributed by atoms with Gasteiger partial charge in [-0.3, -0.25) is 9.59 Å². The fourth-order valence-electron chi connectivity index (χ4n) is 4.00. The number of nitrogens with two attached hydrogens (primary N) is 1. The molecule has 5 nitrogen and oxygen atoms in total. The summed E-state index contributed by atoms with van der Waals surface area (Å²) in [6.45, 7) is 0.887. The summed E-state index contributed by atoms with van der Waals surface area (Å²) in [5, 5.41) is 5.33. The summed E-state index contributed by atoms with van der Waals surface area (Å²) in [7, 11) is 0. The lowest BCUT2D eigenvalue weighted by molar-refractivity contribution is -0.125. The van der Waals surface area contributed by atoms with E-state index in [1.807, 2.05) is 48.5 Å². The van der Waals surface area contributed by atoms with Gasteiger partial charge in [-0.05, 0) is 47.4 Å². The Hall–Kier alpha value is -2.89. The number of rotatable bonds is 5. The second-order valence-corrected chi connectivity index (χ2v) is 7.43. The highest BCUT2D eigenvalue weighted by Gasteiger charge is 2.35. The summed E-state index contributed by atoms with van der Waals surface area (Å²) >= 11 is 0. The lowest BCUT2D eigenvalue weighted by Gasteiger charge is -2.26. The molecule has 1 aliphatic heterocycles. The van der Waals surface area contributed by atoms with Crippen molar-refractivity contribution in [2.45, 2.75) is 24.9 Å². The molecule has 1 saturated heterocycles. The van der Waals surface area contributed by atoms with Gasteiger partial charge in [-0.1, -0.05) is 54.6 Å². The van der Waals surface area contributed by atoms with Gasteiger partial charge in [0.15, 0.2) is 0 Å². The smallest absolute Gasteiger partial charge is 0.254 e. The number of amides is 2. The van der Waals surface area contributed by atoms with E-state index in [9.17, 15) is 9.59 Å². The number of nitrogens with zero attached hydrogens (tertiary/aromatic N) is 1. The molecule has 3 N–H and O–H groups in total. The van der Waals surface area contributed by atoms with Crippen LogP contribution in [0, 0.1) is 0 Å². The predicted molar refractivity (Wildman–Crippen MR) is 122 cm³/mol. The third-order valence-corrected chi connectivity index (χ3v) is 5.57. The van der Waals surface area contributed by atoms with Crippen LogP contribution in [0.2, 0.25) is 0 Å². The van der Waals surface area contributed by atoms with Crippen molar-refractivity contribution in [1.82, 2.24) is 10.2 Å². The predicted octanol–water partition coefficient (Wildman–Crippen LogP) is 3.68. The summed E-state index contributed by atoms with van der Waals surface area (Å²) in [5.41, 5.74) is 7.57. The van der Waals surface area contributed by atoms with E-state index in [0.717, 1.165) is 22.8 Å². The molecule has 2 amide bonds. The minimum absolute atomic E-state index is 0. The highest BCUT2D eigenvalue weighted by Crippen LogP contribution is 2.23. The zero-order valence-electron chi connectivity index (χ0n) is 16.7. The van der Waals surface area contributed by atoms with Crippen LogP contribution in [0.5, 0.6) is 0 Å². The highest BCUT2D eigenvalue weighted by molar-refractivity contribution is 5.98. The highest BCUT2D eigenvalue weighted by atomic mass is 35.5. The van der Waals surface area contributed by atoms with Crippen LogP contribution in [0.1, 0.15) is 34.8 Å². The Labute approximate surface area is 182 Å². The molecule has 0 spiro atoms. The number of nitrogens with one attached hydrogen (secondary N) is 1. The molecule has 2 unspecified atom stereocenters. The van der Waals surface area contributed by atoms with Crippen LogP contribution in [-0.4, -0.2) is 35.8 Å². The molecule has 156 valence electrons. The zero-order chi connectivity index (χ0) is 20.2. The van der Waals surface area contributed by atoms with Crippen LogP contribution >= 0.6 is 12.4 Å². The number of benzene rings is 3. The fourth-order valence-corrected chi connectivity index (χ4v) is 4.00. The Kier molecular flexibility index (Phi) is 7.08. The van der Waals surface area contributed by atoms with Gasteiger partial charge in [0.25, 0.3) is 5.91 Å². The van der Waals surface area contributed by atoms with Gasteiger partial charge < -0.3 is 16.0 Å². The minimum atomic E-state index is -0.461. The zero-order valence-corrected chi connectivity index (χ0v) is 17.5. The maximum Gasteiger partial charge on any atom is 0.254 e. The number of halogens is 1. The average Bonchev–Trinajstić information content (AvgIpc) is 3.27. The number of carbonyl (C=O) groups excluding carboxylic acids is 2. The number of fused-ring (bicyclic) bond motifs is 1. The molecule has 0 bridgehead atoms. The quantitative estimate of drug-likeness (QED) is 0.657. The Morgan fingerprint density at radius 3 is 2.43 bits per heavy atom. The second kappa shape index (κ2) is 9.74. The Bertz CT molecular complexity index is 1030. The van der Waals surface area contributed by atoms with Crippen LogP contribution < -0.4 is 11.1 Å². The van der Waals surface area contributed by atoms with Crippen LogP contribution in [0.15, 0.2) is 72.8 Å². The monoisotopic (exact) mass is 423 g/mol. The van der Waals surface area contributed by atoms with E-state index in [4.69, 9.17) is 5.73 Å². The van der Waals surface area contributed by atoms with E-state index in [1.165, 1.54) is 0 Å². The number of carbonyl (C=O) groups is 2. The lowest BCUT2D eigenvalue weighted by atomic mass is 10.0. The van der Waals surface area contributed by atoms with Crippen molar-refractivity contribution in [1.29, 1.82) is 0 Å². The van der Waals surface area contributed by atoms with Crippen molar-refractivity contribution in [3.63, 3.8) is 0 Å². The van der Waals surface area contributed by atoms with Crippen LogP contribution in [-0.2, 0) is 4.79 Å². The third-order valence-electron chi connectivity index (χ3n) is 5.57. The maximum atomic E-state index is 13.0. The summed E-state index contributed by atoms with van der Waals surface area (Å²) in [6, 6.07) is 22.6. The molecule has 3 aromatic carbocycles. The summed E-state index contributed by atoms with van der Waals surface area (Å²) in [6.07, 6.45) is 1.49. The molecule has 4 rings (SSSR count). The normalized spacial score (nSPS) is 16.7. The molecule has 0 aromatic heterocycles. The van der Waals surface area contributed by atoms with E-state index >= 15 is 0 Å². The van der Waals surface area contributed by atoms with Crippen molar-refractivity contribution in [2.75, 3.05) is 13.1 Å². The SMILES string of the molecule is Cl.NCC(NC(=O)C1CCCN1C(=O)c1ccccc1)c1ccc2ccccc2c1. The van der Waals surface area contributed by atoms with Crippen molar-refractivity contribution in [3.05, 3.63) is 83.9 Å². The van der Waals surface area contributed by atoms with Crippen LogP contribution in [0.4, 0.5) is 0 Å². The molecule has 30 heavy (non-hydrogen) atoms. The first-order valence-electron chi connectivity index (χ1n) is 10.0. The Morgan fingerprint density at radius 1 is 1.00 bits per heavy atom. The van der Waals surface area contributed by atoms with Gasteiger partial charge in [0, 0.05) is 18.7 Å². The molecular weight excluding hydrogens is 398 g/mol. The molecule has 1 aliphatic rings. The van der Waals surface area contributed by atoms with Crippen molar-refractivity contribution < 1.29 is 9.59 Å². The van der Waals surface area contributed by atoms with Crippen molar-refractivity contribution in [3.8, 4) is 0 Å². The molecular formula is C24H26ClN3O2. The summed E-state index contributed by atoms with van der Waals surface area (Å²) in [4.78, 5) is 27.6. The van der Waals surface area contributed by atoms with E-state index in [1.54, 1.807) is 17.0 Å². The molecule has 0 saturated carbocycles. The lowest BCUT2D eigenvalue weighted by Crippen LogP contribution is -2.47. The fraction of sp³-hybridized carbons (Fsp3) is 0.250. The van der Waals surface area contributed by atoms with E-state index < -0.39 is 6.04 Å². The van der Waals surface area contributed by atoms with Gasteiger partial charge in [-0.15, -0.1) is 12.4 Å². The second-order valence-electron chi connectivity index (χ2n) is 7.43. The van der Waals surface area contributed by atoms with Crippen LogP contribution in [0.3, 0.4) is 0 Å².